The molecule has 0 radical (unpaired) electrons. The summed E-state index contributed by atoms with van der Waals surface area (Å²) in [5.41, 5.74) is -6.29. The smallest absolute Gasteiger partial charge is 0.297 e. The van der Waals surface area contributed by atoms with Crippen molar-refractivity contribution in [2.45, 2.75) is 78.6 Å². The summed E-state index contributed by atoms with van der Waals surface area (Å²) in [7, 11) is 0. The maximum absolute atomic E-state index is 11.4. The first kappa shape index (κ1) is 22.7. The van der Waals surface area contributed by atoms with Crippen molar-refractivity contribution in [1.29, 1.82) is 5.26 Å². The Hall–Kier alpha value is -6.75. The summed E-state index contributed by atoms with van der Waals surface area (Å²) < 4.78 is 202. The predicted molar refractivity (Wildman–Crippen MR) is 272 cm³/mol. The molecule has 0 saturated carbocycles. The lowest BCUT2D eigenvalue weighted by atomic mass is 9.35. The molecule has 0 unspecified atom stereocenters. The zero-order valence-corrected chi connectivity index (χ0v) is 37.0. The fraction of sp³-hybridized carbons (Fsp3) is 0.211. The molecule has 0 bridgehead atoms. The van der Waals surface area contributed by atoms with E-state index < -0.39 is 125 Å². The Morgan fingerprint density at radius 3 is 2.02 bits per heavy atom. The largest absolute Gasteiger partial charge is 0.468 e. The van der Waals surface area contributed by atoms with Gasteiger partial charge in [0.1, 0.15) is 5.58 Å². The number of aromatic nitrogens is 1. The maximum atomic E-state index is 11.4. The number of rotatable bonds is 1. The molecule has 3 aliphatic heterocycles. The first-order chi connectivity index (χ1) is 39.0. The molecule has 310 valence electrons. The highest BCUT2D eigenvalue weighted by molar-refractivity contribution is 7.25. The zero-order chi connectivity index (χ0) is 61.3. The second kappa shape index (κ2) is 12.3. The summed E-state index contributed by atoms with van der Waals surface area (Å²) in [6, 6.07) is -8.15. The van der Waals surface area contributed by atoms with E-state index in [2.05, 4.69) is 0 Å². The minimum Gasteiger partial charge on any atom is -0.468 e. The van der Waals surface area contributed by atoms with Crippen LogP contribution in [0.1, 0.15) is 112 Å². The number of thiophene rings is 1. The summed E-state index contributed by atoms with van der Waals surface area (Å²) in [5.74, 6) is 0. The molecule has 0 aliphatic carbocycles. The van der Waals surface area contributed by atoms with Gasteiger partial charge in [0, 0.05) is 53.4 Å². The molecule has 0 saturated heterocycles. The molecule has 7 heteroatoms. The van der Waals surface area contributed by atoms with Gasteiger partial charge in [0.25, 0.3) is 6.71 Å². The van der Waals surface area contributed by atoms with Crippen LogP contribution in [0.25, 0.3) is 58.6 Å². The van der Waals surface area contributed by atoms with Crippen molar-refractivity contribution >= 4 is 122 Å². The van der Waals surface area contributed by atoms with Crippen LogP contribution in [-0.2, 0) is 16.2 Å². The van der Waals surface area contributed by atoms with Crippen LogP contribution in [0.2, 0.25) is 0 Å². The van der Waals surface area contributed by atoms with E-state index in [1.807, 2.05) is 6.07 Å². The number of hydrogen-bond donors (Lipinski definition) is 0. The fourth-order valence-electron chi connectivity index (χ4n) is 9.29. The molecule has 0 spiro atoms. The highest BCUT2D eigenvalue weighted by atomic mass is 32.1. The van der Waals surface area contributed by atoms with Gasteiger partial charge in [-0.25, -0.2) is 0 Å². The average Bonchev–Trinajstić information content (AvgIpc) is 1.26. The van der Waals surface area contributed by atoms with Gasteiger partial charge in [-0.2, -0.15) is 5.26 Å². The lowest BCUT2D eigenvalue weighted by Crippen LogP contribution is -2.61. The Balaban J connectivity index is 1.33. The topological polar surface area (TPSA) is 48.3 Å². The van der Waals surface area contributed by atoms with Crippen molar-refractivity contribution in [3.8, 4) is 11.8 Å². The van der Waals surface area contributed by atoms with Crippen molar-refractivity contribution in [1.82, 2.24) is 4.57 Å². The van der Waals surface area contributed by atoms with E-state index >= 15 is 0 Å². The summed E-state index contributed by atoms with van der Waals surface area (Å²) >= 11 is 0.759. The molecular weight excluding hydrogens is 800 g/mol. The fourth-order valence-corrected chi connectivity index (χ4v) is 10.3. The van der Waals surface area contributed by atoms with Gasteiger partial charge in [-0.3, -0.25) is 0 Å². The van der Waals surface area contributed by atoms with Gasteiger partial charge in [-0.05, 0) is 116 Å². The van der Waals surface area contributed by atoms with Gasteiger partial charge in [0.05, 0.1) is 78.5 Å². The van der Waals surface area contributed by atoms with E-state index in [0.717, 1.165) is 11.3 Å². The van der Waals surface area contributed by atoms with Crippen molar-refractivity contribution in [2.75, 3.05) is 9.80 Å². The van der Waals surface area contributed by atoms with Crippen LogP contribution in [0.15, 0.2) is 125 Å². The second-order valence-corrected chi connectivity index (χ2v) is 20.7. The van der Waals surface area contributed by atoms with Crippen LogP contribution in [-0.4, -0.2) is 11.3 Å². The lowest BCUT2D eigenvalue weighted by molar-refractivity contribution is 0.590. The van der Waals surface area contributed by atoms with E-state index in [4.69, 9.17) is 9.90 Å². The molecule has 5 nitrogen and oxygen atoms in total. The molecule has 6 heterocycles. The van der Waals surface area contributed by atoms with Gasteiger partial charge >= 0.3 is 0 Å². The van der Waals surface area contributed by atoms with E-state index in [1.165, 1.54) is 14.4 Å². The first-order valence-electron chi connectivity index (χ1n) is 30.9. The van der Waals surface area contributed by atoms with Gasteiger partial charge in [0.15, 0.2) is 0 Å². The lowest BCUT2D eigenvalue weighted by Gasteiger charge is -2.45. The number of furan rings is 1. The number of para-hydroxylation sites is 1. The Kier molecular flexibility index (Phi) is 4.36. The van der Waals surface area contributed by atoms with E-state index in [9.17, 15) is 27.2 Å². The van der Waals surface area contributed by atoms with Crippen LogP contribution < -0.4 is 26.4 Å². The summed E-state index contributed by atoms with van der Waals surface area (Å²) in [6.07, 6.45) is 0. The Bertz CT molecular complexity index is 4960. The van der Waals surface area contributed by atoms with Crippen LogP contribution in [0.4, 0.5) is 34.1 Å². The van der Waals surface area contributed by atoms with Gasteiger partial charge in [0.2, 0.25) is 0 Å². The highest BCUT2D eigenvalue weighted by Gasteiger charge is 2.49. The third-order valence-corrected chi connectivity index (χ3v) is 13.4. The number of fused-ring (bicyclic) bond motifs is 14. The van der Waals surface area contributed by atoms with Crippen LogP contribution in [0, 0.1) is 11.3 Å². The molecule has 64 heavy (non-hydrogen) atoms. The average molecular weight is 867 g/mol. The van der Waals surface area contributed by atoms with Gasteiger partial charge < -0.3 is 18.8 Å². The quantitative estimate of drug-likeness (QED) is 0.154. The van der Waals surface area contributed by atoms with Crippen molar-refractivity contribution in [3.05, 3.63) is 143 Å². The molecule has 13 rings (SSSR count). The Labute approximate surface area is 405 Å². The molecule has 3 aliphatic rings. The SMILES string of the molecule is [2H]c1c([2H])c2c3c(c1[2H])-n1c4c([2H])c([2H])c(C(C)(C)C)c([2H])c4c4c([2H])c(C(C)(C)C)c([2H])c(c41)N3c1c([2H])c(C#N)c([2H])c3c1B2c1oc2c([2H])c([2H])c(C(C)(C)C)c([2H])c2c1N3c1c([2H])c([2H])c2c(sc3c([2H])c([2H])c([2H])c([2H])c32)c1[2H]. The molecule has 10 aromatic rings. The third-order valence-electron chi connectivity index (χ3n) is 12.4. The zero-order valence-electron chi connectivity index (χ0n) is 56.2. The minimum absolute atomic E-state index is 0.0218. The molecule has 7 aromatic carbocycles. The van der Waals surface area contributed by atoms with E-state index in [0.29, 0.717) is 0 Å². The predicted octanol–water partition coefficient (Wildman–Crippen LogP) is 14.1. The number of nitrogens with zero attached hydrogens (tertiary/aromatic N) is 4. The third kappa shape index (κ3) is 4.95. The number of anilines is 6. The van der Waals surface area contributed by atoms with Crippen molar-refractivity contribution < 1.29 is 31.8 Å². The number of benzene rings is 7. The second-order valence-electron chi connectivity index (χ2n) is 19.7. The first-order valence-corrected chi connectivity index (χ1v) is 21.7. The van der Waals surface area contributed by atoms with Crippen molar-refractivity contribution in [2.24, 2.45) is 0 Å². The summed E-state index contributed by atoms with van der Waals surface area (Å²) in [6.45, 7) is 14.2. The Morgan fingerprint density at radius 1 is 0.578 bits per heavy atom. The highest BCUT2D eigenvalue weighted by Crippen LogP contribution is 2.55. The standard InChI is InChI=1S/C57H47BN4OS/c1-55(2,3)32-17-21-42-38(25-32)39-27-34(57(7,8)9)28-46-51(39)61(42)43-15-12-14-41-53(43)62(46)45-24-31(30-59)23-44-50(45)58(41)54-52(40-26-33(56(4,5)6)18-22-47(40)63-54)60(44)35-19-20-37-36-13-10-11-16-48(36)64-49(37)29-35/h10-29H,1-9H3/i10D,11D,12D,13D,14D,15D,16D,17D,18D,19D,20D,21D,22D,23D,24D,25D,26D,27D,28D,29D. The monoisotopic (exact) mass is 866 g/mol. The van der Waals surface area contributed by atoms with Crippen LogP contribution in [0.3, 0.4) is 0 Å². The van der Waals surface area contributed by atoms with Gasteiger partial charge in [-0.15, -0.1) is 11.3 Å². The summed E-state index contributed by atoms with van der Waals surface area (Å²) in [4.78, 5) is 2.56. The molecule has 0 fully saturated rings. The maximum Gasteiger partial charge on any atom is 0.297 e. The molecule has 0 N–H and O–H groups in total. The van der Waals surface area contributed by atoms with Crippen LogP contribution >= 0.6 is 11.3 Å². The molecule has 0 amide bonds. The minimum atomic E-state index is -1.65. The molecule has 0 atom stereocenters. The normalized spacial score (nSPS) is 18.6. The summed E-state index contributed by atoms with van der Waals surface area (Å²) in [5, 5.41) is 11.0. The molecule has 3 aromatic heterocycles. The van der Waals surface area contributed by atoms with Crippen LogP contribution in [0.5, 0.6) is 0 Å². The van der Waals surface area contributed by atoms with Gasteiger partial charge in [-0.1, -0.05) is 111 Å². The van der Waals surface area contributed by atoms with Crippen molar-refractivity contribution in [3.63, 3.8) is 0 Å². The Morgan fingerprint density at radius 2 is 1.27 bits per heavy atom. The van der Waals surface area contributed by atoms with E-state index in [-0.39, 0.29) is 151 Å². The molecular formula is C57H47BN4OS. The van der Waals surface area contributed by atoms with E-state index in [1.54, 1.807) is 62.3 Å². The number of nitriles is 1. The number of hydrogen-bond acceptors (Lipinski definition) is 5.